The van der Waals surface area contributed by atoms with Crippen molar-refractivity contribution in [2.45, 2.75) is 23.9 Å². The zero-order chi connectivity index (χ0) is 29.2. The van der Waals surface area contributed by atoms with E-state index in [1.165, 1.54) is 42.5 Å². The fraction of sp³-hybridized carbons (Fsp3) is 0.200. The van der Waals surface area contributed by atoms with Gasteiger partial charge in [-0.1, -0.05) is 41.9 Å². The topological polar surface area (TPSA) is 42.0 Å². The van der Waals surface area contributed by atoms with Crippen LogP contribution in [0.1, 0.15) is 22.4 Å². The van der Waals surface area contributed by atoms with Gasteiger partial charge in [0.1, 0.15) is 11.4 Å². The molecule has 0 aliphatic rings. The second-order valence-electron chi connectivity index (χ2n) is 8.13. The number of halogens is 11. The number of hydrogen-bond donors (Lipinski definition) is 1. The fourth-order valence-electron chi connectivity index (χ4n) is 3.83. The zero-order valence-electron chi connectivity index (χ0n) is 19.1. The first-order valence-electron chi connectivity index (χ1n) is 10.6. The number of carbonyl (C=O) groups is 1. The van der Waals surface area contributed by atoms with E-state index in [1.807, 2.05) is 5.32 Å². The van der Waals surface area contributed by atoms with Crippen LogP contribution in [0.15, 0.2) is 78.5 Å². The van der Waals surface area contributed by atoms with Crippen molar-refractivity contribution in [3.8, 4) is 0 Å². The SMILES string of the molecule is O=C(C=C(C(F)(F)F)C(F)(F)F)NCC(c1ccccc1)(c1cc(F)cc(C(F)(F)F)c1)c1ccc(Cl)cn1. The number of alkyl halides is 9. The highest BCUT2D eigenvalue weighted by Crippen LogP contribution is 2.42. The maximum Gasteiger partial charge on any atom is 0.421 e. The molecule has 0 saturated carbocycles. The van der Waals surface area contributed by atoms with E-state index in [1.54, 1.807) is 0 Å². The molecule has 0 bridgehead atoms. The number of hydrogen-bond acceptors (Lipinski definition) is 2. The predicted octanol–water partition coefficient (Wildman–Crippen LogP) is 7.39. The highest BCUT2D eigenvalue weighted by atomic mass is 35.5. The third kappa shape index (κ3) is 6.88. The molecular formula is C25H15ClF10N2O. The third-order valence-corrected chi connectivity index (χ3v) is 5.79. The molecule has 0 spiro atoms. The van der Waals surface area contributed by atoms with Crippen molar-refractivity contribution in [2.24, 2.45) is 0 Å². The molecule has 208 valence electrons. The number of benzene rings is 2. The highest BCUT2D eigenvalue weighted by Gasteiger charge is 2.51. The van der Waals surface area contributed by atoms with Crippen LogP contribution in [0.25, 0.3) is 0 Å². The Morgan fingerprint density at radius 2 is 1.41 bits per heavy atom. The molecule has 0 saturated heterocycles. The maximum absolute atomic E-state index is 14.5. The lowest BCUT2D eigenvalue weighted by Crippen LogP contribution is -2.43. The summed E-state index contributed by atoms with van der Waals surface area (Å²) in [5.41, 5.74) is -7.09. The molecule has 14 heteroatoms. The van der Waals surface area contributed by atoms with E-state index in [0.29, 0.717) is 12.1 Å². The van der Waals surface area contributed by atoms with Crippen LogP contribution in [-0.4, -0.2) is 29.8 Å². The number of carbonyl (C=O) groups excluding carboxylic acids is 1. The first-order chi connectivity index (χ1) is 17.9. The summed E-state index contributed by atoms with van der Waals surface area (Å²) in [7, 11) is 0. The normalized spacial score (nSPS) is 13.9. The van der Waals surface area contributed by atoms with E-state index in [0.717, 1.165) is 6.20 Å². The van der Waals surface area contributed by atoms with Crippen LogP contribution >= 0.6 is 11.6 Å². The van der Waals surface area contributed by atoms with Gasteiger partial charge in [-0.2, -0.15) is 39.5 Å². The summed E-state index contributed by atoms with van der Waals surface area (Å²) in [6, 6.07) is 11.0. The predicted molar refractivity (Wildman–Crippen MR) is 120 cm³/mol. The van der Waals surface area contributed by atoms with Crippen LogP contribution in [0.5, 0.6) is 0 Å². The summed E-state index contributed by atoms with van der Waals surface area (Å²) in [6.45, 7) is -0.926. The molecule has 0 aliphatic heterocycles. The Hall–Kier alpha value is -3.61. The molecule has 3 aromatic rings. The van der Waals surface area contributed by atoms with Crippen molar-refractivity contribution in [1.82, 2.24) is 10.3 Å². The molecule has 1 unspecified atom stereocenters. The van der Waals surface area contributed by atoms with E-state index in [9.17, 15) is 48.7 Å². The fourth-order valence-corrected chi connectivity index (χ4v) is 3.95. The Kier molecular flexibility index (Phi) is 8.34. The van der Waals surface area contributed by atoms with Crippen molar-refractivity contribution >= 4 is 17.5 Å². The third-order valence-electron chi connectivity index (χ3n) is 5.56. The minimum atomic E-state index is -5.94. The van der Waals surface area contributed by atoms with Crippen LogP contribution in [0.2, 0.25) is 5.02 Å². The first kappa shape index (κ1) is 29.9. The summed E-state index contributed by atoms with van der Waals surface area (Å²) in [5, 5.41) is 1.97. The highest BCUT2D eigenvalue weighted by molar-refractivity contribution is 6.30. The molecule has 1 aromatic heterocycles. The lowest BCUT2D eigenvalue weighted by molar-refractivity contribution is -0.172. The average Bonchev–Trinajstić information content (AvgIpc) is 2.82. The Morgan fingerprint density at radius 1 is 0.821 bits per heavy atom. The van der Waals surface area contributed by atoms with Gasteiger partial charge in [-0.3, -0.25) is 9.78 Å². The van der Waals surface area contributed by atoms with Crippen molar-refractivity contribution in [3.63, 3.8) is 0 Å². The number of amides is 1. The quantitative estimate of drug-likeness (QED) is 0.242. The number of pyridine rings is 1. The minimum Gasteiger partial charge on any atom is -0.351 e. The van der Waals surface area contributed by atoms with Crippen molar-refractivity contribution in [2.75, 3.05) is 6.54 Å². The molecule has 1 N–H and O–H groups in total. The van der Waals surface area contributed by atoms with Crippen LogP contribution in [-0.2, 0) is 16.4 Å². The summed E-state index contributed by atoms with van der Waals surface area (Å²) in [5.74, 6) is -3.21. The van der Waals surface area contributed by atoms with E-state index in [2.05, 4.69) is 4.98 Å². The molecular weight excluding hydrogens is 570 g/mol. The van der Waals surface area contributed by atoms with E-state index in [4.69, 9.17) is 11.6 Å². The monoisotopic (exact) mass is 584 g/mol. The molecule has 0 aliphatic carbocycles. The molecule has 1 heterocycles. The van der Waals surface area contributed by atoms with E-state index >= 15 is 0 Å². The van der Waals surface area contributed by atoms with E-state index in [-0.39, 0.29) is 22.3 Å². The first-order valence-corrected chi connectivity index (χ1v) is 11.0. The van der Waals surface area contributed by atoms with Gasteiger partial charge in [0.05, 0.1) is 21.7 Å². The van der Waals surface area contributed by atoms with Gasteiger partial charge in [0.2, 0.25) is 5.91 Å². The van der Waals surface area contributed by atoms with Gasteiger partial charge in [0.15, 0.2) is 0 Å². The molecule has 0 radical (unpaired) electrons. The maximum atomic E-state index is 14.5. The van der Waals surface area contributed by atoms with Gasteiger partial charge in [-0.25, -0.2) is 4.39 Å². The van der Waals surface area contributed by atoms with Gasteiger partial charge in [0.25, 0.3) is 0 Å². The smallest absolute Gasteiger partial charge is 0.351 e. The van der Waals surface area contributed by atoms with Gasteiger partial charge < -0.3 is 5.32 Å². The molecule has 3 nitrogen and oxygen atoms in total. The molecule has 1 atom stereocenters. The van der Waals surface area contributed by atoms with Crippen LogP contribution in [0.3, 0.4) is 0 Å². The lowest BCUT2D eigenvalue weighted by Gasteiger charge is -2.35. The molecule has 0 fully saturated rings. The van der Waals surface area contributed by atoms with Gasteiger partial charge in [0, 0.05) is 18.8 Å². The number of aromatic nitrogens is 1. The van der Waals surface area contributed by atoms with Crippen molar-refractivity contribution < 1.29 is 48.7 Å². The molecule has 1 amide bonds. The lowest BCUT2D eigenvalue weighted by atomic mass is 9.71. The summed E-state index contributed by atoms with van der Waals surface area (Å²) < 4.78 is 133. The zero-order valence-corrected chi connectivity index (χ0v) is 19.9. The summed E-state index contributed by atoms with van der Waals surface area (Å²) >= 11 is 5.87. The Bertz CT molecular complexity index is 1330. The van der Waals surface area contributed by atoms with Gasteiger partial charge in [-0.15, -0.1) is 0 Å². The molecule has 39 heavy (non-hydrogen) atoms. The Morgan fingerprint density at radius 3 is 1.92 bits per heavy atom. The largest absolute Gasteiger partial charge is 0.421 e. The number of allylic oxidation sites excluding steroid dienone is 1. The van der Waals surface area contributed by atoms with Crippen LogP contribution in [0.4, 0.5) is 43.9 Å². The summed E-state index contributed by atoms with van der Waals surface area (Å²) in [6.07, 6.45) is -16.5. The average molecular weight is 585 g/mol. The van der Waals surface area contributed by atoms with Crippen LogP contribution in [0, 0.1) is 5.82 Å². The number of rotatable bonds is 6. The Balaban J connectivity index is 2.27. The van der Waals surface area contributed by atoms with Crippen molar-refractivity contribution in [1.29, 1.82) is 0 Å². The number of nitrogens with one attached hydrogen (secondary N) is 1. The molecule has 2 aromatic carbocycles. The second-order valence-corrected chi connectivity index (χ2v) is 8.57. The Labute approximate surface area is 219 Å². The minimum absolute atomic E-state index is 0.0721. The van der Waals surface area contributed by atoms with Crippen LogP contribution < -0.4 is 5.32 Å². The molecule has 3 rings (SSSR count). The number of nitrogens with zero attached hydrogens (tertiary/aromatic N) is 1. The van der Waals surface area contributed by atoms with E-state index < -0.39 is 65.0 Å². The van der Waals surface area contributed by atoms with Crippen molar-refractivity contribution in [3.05, 3.63) is 112 Å². The standard InChI is InChI=1S/C25H15ClF10N2O/c26-17-6-7-20(37-12-17)22(14-4-2-1-3-5-14,15-8-16(23(28,29)30)10-18(27)9-15)13-38-21(39)11-19(24(31,32)33)25(34,35)36/h1-12H,13H2,(H,38,39). The second kappa shape index (κ2) is 10.9. The van der Waals surface area contributed by atoms with Gasteiger partial charge >= 0.3 is 18.5 Å². The van der Waals surface area contributed by atoms with Gasteiger partial charge in [-0.05, 0) is 41.5 Å². The summed E-state index contributed by atoms with van der Waals surface area (Å²) in [4.78, 5) is 16.4.